The number of carbonyl (C=O) groups excluding carboxylic acids is 4. The lowest BCUT2D eigenvalue weighted by Gasteiger charge is -2.35. The molecule has 55 heavy (non-hydrogen) atoms. The van der Waals surface area contributed by atoms with Crippen molar-refractivity contribution in [2.75, 3.05) is 26.4 Å². The van der Waals surface area contributed by atoms with Gasteiger partial charge in [-0.3, -0.25) is 0 Å². The van der Waals surface area contributed by atoms with E-state index in [-0.39, 0.29) is 28.7 Å². The number of benzene rings is 1. The van der Waals surface area contributed by atoms with Crippen LogP contribution in [0.5, 0.6) is 0 Å². The van der Waals surface area contributed by atoms with Crippen LogP contribution in [0.3, 0.4) is 0 Å². The Morgan fingerprint density at radius 2 is 1.15 bits per heavy atom. The van der Waals surface area contributed by atoms with Crippen molar-refractivity contribution in [3.05, 3.63) is 60.2 Å². The Kier molecular flexibility index (Phi) is 11.5. The van der Waals surface area contributed by atoms with Crippen LogP contribution in [0.2, 0.25) is 0 Å². The van der Waals surface area contributed by atoms with E-state index < -0.39 is 5.97 Å². The van der Waals surface area contributed by atoms with Crippen molar-refractivity contribution >= 4 is 23.9 Å². The maximum atomic E-state index is 13.4. The van der Waals surface area contributed by atoms with Crippen molar-refractivity contribution in [1.29, 1.82) is 0 Å². The van der Waals surface area contributed by atoms with E-state index in [0.717, 1.165) is 38.5 Å². The third kappa shape index (κ3) is 7.69. The van der Waals surface area contributed by atoms with Crippen LogP contribution in [-0.4, -0.2) is 50.3 Å². The molecule has 0 N–H and O–H groups in total. The number of fused-ring (bicyclic) bond motifs is 10. The van der Waals surface area contributed by atoms with E-state index in [9.17, 15) is 19.2 Å². The molecule has 0 spiro atoms. The summed E-state index contributed by atoms with van der Waals surface area (Å²) in [5.41, 5.74) is 1.03. The summed E-state index contributed by atoms with van der Waals surface area (Å²) in [7, 11) is 0. The van der Waals surface area contributed by atoms with Crippen LogP contribution in [-0.2, 0) is 28.5 Å². The van der Waals surface area contributed by atoms with Gasteiger partial charge in [-0.1, -0.05) is 46.9 Å². The topological polar surface area (TPSA) is 105 Å². The van der Waals surface area contributed by atoms with Crippen LogP contribution in [0.4, 0.5) is 0 Å². The van der Waals surface area contributed by atoms with Crippen LogP contribution < -0.4 is 0 Å². The molecule has 0 aromatic heterocycles. The minimum atomic E-state index is -0.403. The summed E-state index contributed by atoms with van der Waals surface area (Å²) in [5.74, 6) is 5.56. The molecule has 6 aliphatic rings. The van der Waals surface area contributed by atoms with Gasteiger partial charge in [0, 0.05) is 22.5 Å². The van der Waals surface area contributed by atoms with Gasteiger partial charge in [-0.2, -0.15) is 0 Å². The number of esters is 4. The van der Waals surface area contributed by atoms with Crippen LogP contribution >= 0.6 is 0 Å². The van der Waals surface area contributed by atoms with Crippen LogP contribution in [0.1, 0.15) is 120 Å². The molecule has 300 valence electrons. The standard InChI is InChI=1S/C47H64O8/c1-8-42(48)54-25-46(6,9-2)34-19-38-31-16-33(37(18-31)40(38)21-34)24-53-44(50)28-12-11-13-29(14-28)45(51)55-26-47(7,10-3)35-20-39-30-15-32(23-52-43(49)27(4)5)36(17-30)41(39)22-35/h8,11-14,30-41H,1,4,9-10,15-26H2,2-3,5-7H3/t30?,31?,32?,33?,34?,35?,36?,37?,38?,39-,40+,41?,46?,47?/m1/s1. The molecule has 0 radical (unpaired) electrons. The molecule has 12 unspecified atom stereocenters. The van der Waals surface area contributed by atoms with Gasteiger partial charge < -0.3 is 18.9 Å². The Morgan fingerprint density at radius 1 is 0.673 bits per heavy atom. The lowest BCUT2D eigenvalue weighted by molar-refractivity contribution is -0.142. The Bertz CT molecular complexity index is 1660. The van der Waals surface area contributed by atoms with Crippen molar-refractivity contribution in [3.8, 4) is 0 Å². The van der Waals surface area contributed by atoms with Crippen molar-refractivity contribution in [2.24, 2.45) is 81.8 Å². The Morgan fingerprint density at radius 3 is 1.64 bits per heavy atom. The zero-order valence-electron chi connectivity index (χ0n) is 33.9. The van der Waals surface area contributed by atoms with E-state index in [1.807, 2.05) is 0 Å². The second kappa shape index (κ2) is 15.8. The fourth-order valence-electron chi connectivity index (χ4n) is 12.9. The highest BCUT2D eigenvalue weighted by Gasteiger charge is 2.59. The molecule has 6 aliphatic carbocycles. The predicted molar refractivity (Wildman–Crippen MR) is 210 cm³/mol. The largest absolute Gasteiger partial charge is 0.462 e. The van der Waals surface area contributed by atoms with E-state index >= 15 is 0 Å². The highest BCUT2D eigenvalue weighted by atomic mass is 16.5. The first kappa shape index (κ1) is 39.8. The molecule has 6 saturated carbocycles. The Hall–Kier alpha value is -3.42. The zero-order chi connectivity index (χ0) is 39.2. The molecule has 14 atom stereocenters. The summed E-state index contributed by atoms with van der Waals surface area (Å²) < 4.78 is 23.1. The lowest BCUT2D eigenvalue weighted by atomic mass is 9.73. The molecule has 0 saturated heterocycles. The minimum absolute atomic E-state index is 0.0454. The molecular formula is C47H64O8. The second-order valence-electron chi connectivity index (χ2n) is 19.3. The van der Waals surface area contributed by atoms with Crippen LogP contribution in [0.15, 0.2) is 49.1 Å². The molecule has 8 heteroatoms. The molecule has 4 bridgehead atoms. The third-order valence-corrected chi connectivity index (χ3v) is 16.6. The van der Waals surface area contributed by atoms with E-state index in [0.29, 0.717) is 114 Å². The van der Waals surface area contributed by atoms with Gasteiger partial charge in [0.25, 0.3) is 0 Å². The van der Waals surface area contributed by atoms with Crippen molar-refractivity contribution < 1.29 is 38.1 Å². The molecule has 0 aliphatic heterocycles. The van der Waals surface area contributed by atoms with E-state index in [1.54, 1.807) is 31.2 Å². The number of hydrogen-bond acceptors (Lipinski definition) is 8. The maximum Gasteiger partial charge on any atom is 0.338 e. The van der Waals surface area contributed by atoms with Crippen LogP contribution in [0.25, 0.3) is 0 Å². The van der Waals surface area contributed by atoms with Gasteiger partial charge in [0.05, 0.1) is 37.6 Å². The summed E-state index contributed by atoms with van der Waals surface area (Å²) in [6.07, 6.45) is 12.4. The highest BCUT2D eigenvalue weighted by Crippen LogP contribution is 2.66. The quantitative estimate of drug-likeness (QED) is 0.0934. The van der Waals surface area contributed by atoms with Crippen molar-refractivity contribution in [3.63, 3.8) is 0 Å². The number of hydrogen-bond donors (Lipinski definition) is 0. The van der Waals surface area contributed by atoms with Gasteiger partial charge in [-0.15, -0.1) is 0 Å². The maximum absolute atomic E-state index is 13.4. The van der Waals surface area contributed by atoms with Gasteiger partial charge >= 0.3 is 23.9 Å². The molecule has 0 amide bonds. The zero-order valence-corrected chi connectivity index (χ0v) is 33.9. The van der Waals surface area contributed by atoms with Crippen LogP contribution in [0, 0.1) is 81.8 Å². The normalized spacial score (nSPS) is 35.9. The SMILES string of the molecule is C=CC(=O)OCC(C)(CC)C1CC2C3CC(COC(=O)c4cccc(C(=O)OCC(C)(CC)C5CC6C7CC(CC7COC(=O)C(=C)C)[C@H]6C5)c4)C(C3)[C@@H]2C1. The molecule has 0 heterocycles. The number of carbonyl (C=O) groups is 4. The number of ether oxygens (including phenoxy) is 4. The van der Waals surface area contributed by atoms with Gasteiger partial charge in [-0.05, 0) is 160 Å². The lowest BCUT2D eigenvalue weighted by Crippen LogP contribution is -2.32. The first-order valence-corrected chi connectivity index (χ1v) is 21.3. The fourth-order valence-corrected chi connectivity index (χ4v) is 12.9. The summed E-state index contributed by atoms with van der Waals surface area (Å²) in [6, 6.07) is 6.80. The summed E-state index contributed by atoms with van der Waals surface area (Å²) in [4.78, 5) is 50.7. The number of rotatable bonds is 16. The van der Waals surface area contributed by atoms with E-state index in [2.05, 4.69) is 40.9 Å². The molecule has 8 nitrogen and oxygen atoms in total. The fraction of sp³-hybridized carbons (Fsp3) is 0.702. The first-order valence-electron chi connectivity index (χ1n) is 21.3. The molecule has 1 aromatic rings. The average Bonchev–Trinajstić information content (AvgIpc) is 4.05. The highest BCUT2D eigenvalue weighted by molar-refractivity contribution is 5.95. The smallest absolute Gasteiger partial charge is 0.338 e. The van der Waals surface area contributed by atoms with Gasteiger partial charge in [0.2, 0.25) is 0 Å². The molecule has 6 fully saturated rings. The second-order valence-corrected chi connectivity index (χ2v) is 19.3. The average molecular weight is 757 g/mol. The molecule has 1 aromatic carbocycles. The van der Waals surface area contributed by atoms with E-state index in [4.69, 9.17) is 18.9 Å². The van der Waals surface area contributed by atoms with E-state index in [1.165, 1.54) is 31.8 Å². The summed E-state index contributed by atoms with van der Waals surface area (Å²) in [6.45, 7) is 19.6. The van der Waals surface area contributed by atoms with Crippen molar-refractivity contribution in [2.45, 2.75) is 98.8 Å². The van der Waals surface area contributed by atoms with Crippen molar-refractivity contribution in [1.82, 2.24) is 0 Å². The molecular weight excluding hydrogens is 693 g/mol. The van der Waals surface area contributed by atoms with Gasteiger partial charge in [0.1, 0.15) is 0 Å². The Labute approximate surface area is 328 Å². The monoisotopic (exact) mass is 756 g/mol. The Balaban J connectivity index is 0.891. The molecule has 7 rings (SSSR count). The minimum Gasteiger partial charge on any atom is -0.462 e. The van der Waals surface area contributed by atoms with Gasteiger partial charge in [0.15, 0.2) is 0 Å². The summed E-state index contributed by atoms with van der Waals surface area (Å²) >= 11 is 0. The van der Waals surface area contributed by atoms with Gasteiger partial charge in [-0.25, -0.2) is 19.2 Å². The first-order chi connectivity index (χ1) is 26.3. The predicted octanol–water partition coefficient (Wildman–Crippen LogP) is 9.28. The third-order valence-electron chi connectivity index (χ3n) is 16.6. The summed E-state index contributed by atoms with van der Waals surface area (Å²) in [5, 5.41) is 0.